The molecule has 1 saturated heterocycles. The van der Waals surface area contributed by atoms with E-state index < -0.39 is 11.8 Å². The van der Waals surface area contributed by atoms with Crippen LogP contribution in [0.15, 0.2) is 78.9 Å². The molecule has 0 spiro atoms. The van der Waals surface area contributed by atoms with E-state index in [9.17, 15) is 9.90 Å². The van der Waals surface area contributed by atoms with Gasteiger partial charge in [0.1, 0.15) is 5.54 Å². The van der Waals surface area contributed by atoms with E-state index in [2.05, 4.69) is 0 Å². The van der Waals surface area contributed by atoms with Gasteiger partial charge in [-0.3, -0.25) is 9.80 Å². The fourth-order valence-electron chi connectivity index (χ4n) is 3.65. The van der Waals surface area contributed by atoms with Crippen LogP contribution >= 0.6 is 23.2 Å². The third-order valence-corrected chi connectivity index (χ3v) is 5.66. The SMILES string of the molecule is C[C@@]1(c2ccccc2)C(O)N(c2ccc(Cl)cc2)C(=O)N1c1ccc(Cl)cc1. The predicted octanol–water partition coefficient (Wildman–Crippen LogP) is 5.67. The Kier molecular flexibility index (Phi) is 4.79. The van der Waals surface area contributed by atoms with Crippen LogP contribution in [0.3, 0.4) is 0 Å². The van der Waals surface area contributed by atoms with Crippen molar-refractivity contribution >= 4 is 40.6 Å². The van der Waals surface area contributed by atoms with E-state index >= 15 is 0 Å². The third kappa shape index (κ3) is 2.94. The van der Waals surface area contributed by atoms with Crippen LogP contribution in [-0.2, 0) is 5.54 Å². The number of anilines is 2. The summed E-state index contributed by atoms with van der Waals surface area (Å²) in [6.07, 6.45) is -1.11. The number of amides is 2. The predicted molar refractivity (Wildman–Crippen MR) is 113 cm³/mol. The quantitative estimate of drug-likeness (QED) is 0.601. The first-order chi connectivity index (χ1) is 13.4. The van der Waals surface area contributed by atoms with E-state index in [1.807, 2.05) is 37.3 Å². The van der Waals surface area contributed by atoms with Gasteiger partial charge in [0.25, 0.3) is 0 Å². The highest BCUT2D eigenvalue weighted by atomic mass is 35.5. The minimum Gasteiger partial charge on any atom is -0.370 e. The zero-order chi connectivity index (χ0) is 19.9. The second kappa shape index (κ2) is 7.13. The van der Waals surface area contributed by atoms with E-state index in [0.717, 1.165) is 5.56 Å². The molecular formula is C22H18Cl2N2O2. The maximum atomic E-state index is 13.5. The summed E-state index contributed by atoms with van der Waals surface area (Å²) in [6.45, 7) is 1.86. The van der Waals surface area contributed by atoms with Crippen LogP contribution in [0.25, 0.3) is 0 Å². The minimum absolute atomic E-state index is 0.330. The number of hydrogen-bond donors (Lipinski definition) is 1. The van der Waals surface area contributed by atoms with Gasteiger partial charge in [-0.15, -0.1) is 0 Å². The summed E-state index contributed by atoms with van der Waals surface area (Å²) in [4.78, 5) is 16.5. The van der Waals surface area contributed by atoms with Crippen molar-refractivity contribution in [3.05, 3.63) is 94.5 Å². The maximum absolute atomic E-state index is 13.5. The number of rotatable bonds is 3. The Balaban J connectivity index is 1.89. The molecule has 0 radical (unpaired) electrons. The van der Waals surface area contributed by atoms with E-state index in [4.69, 9.17) is 23.2 Å². The summed E-state index contributed by atoms with van der Waals surface area (Å²) in [7, 11) is 0. The molecule has 6 heteroatoms. The minimum atomic E-state index is -1.11. The van der Waals surface area contributed by atoms with Crippen molar-refractivity contribution in [2.24, 2.45) is 0 Å². The molecule has 1 N–H and O–H groups in total. The number of aliphatic hydroxyl groups excluding tert-OH is 1. The second-order valence-electron chi connectivity index (χ2n) is 6.83. The molecule has 142 valence electrons. The van der Waals surface area contributed by atoms with E-state index in [-0.39, 0.29) is 6.03 Å². The van der Waals surface area contributed by atoms with Crippen LogP contribution in [-0.4, -0.2) is 17.4 Å². The molecule has 28 heavy (non-hydrogen) atoms. The van der Waals surface area contributed by atoms with Crippen LogP contribution in [0.1, 0.15) is 12.5 Å². The Bertz CT molecular complexity index is 993. The van der Waals surface area contributed by atoms with E-state index in [1.54, 1.807) is 53.4 Å². The van der Waals surface area contributed by atoms with Crippen molar-refractivity contribution in [2.75, 3.05) is 9.80 Å². The zero-order valence-corrected chi connectivity index (χ0v) is 16.6. The Morgan fingerprint density at radius 2 is 1.32 bits per heavy atom. The molecule has 1 unspecified atom stereocenters. The van der Waals surface area contributed by atoms with Gasteiger partial charge in [-0.2, -0.15) is 0 Å². The molecule has 0 bridgehead atoms. The molecule has 0 aromatic heterocycles. The van der Waals surface area contributed by atoms with Crippen molar-refractivity contribution < 1.29 is 9.90 Å². The number of nitrogens with zero attached hydrogens (tertiary/aromatic N) is 2. The highest BCUT2D eigenvalue weighted by Crippen LogP contribution is 2.45. The maximum Gasteiger partial charge on any atom is 0.332 e. The Labute approximate surface area is 173 Å². The molecule has 1 fully saturated rings. The van der Waals surface area contributed by atoms with Crippen molar-refractivity contribution in [2.45, 2.75) is 18.7 Å². The summed E-state index contributed by atoms with van der Waals surface area (Å²) < 4.78 is 0. The molecule has 0 saturated carbocycles. The summed E-state index contributed by atoms with van der Waals surface area (Å²) >= 11 is 12.0. The van der Waals surface area contributed by atoms with Crippen molar-refractivity contribution in [1.82, 2.24) is 0 Å². The standard InChI is InChI=1S/C22H18Cl2N2O2/c1-22(15-5-3-2-4-6-15)20(27)25(18-11-7-16(23)8-12-18)21(28)26(22)19-13-9-17(24)10-14-19/h2-14,20,27H,1H3/t20?,22-/m1/s1. The summed E-state index contributed by atoms with van der Waals surface area (Å²) in [5.41, 5.74) is 1.03. The van der Waals surface area contributed by atoms with Gasteiger partial charge in [-0.25, -0.2) is 4.79 Å². The zero-order valence-electron chi connectivity index (χ0n) is 15.1. The fourth-order valence-corrected chi connectivity index (χ4v) is 3.91. The van der Waals surface area contributed by atoms with Crippen LogP contribution in [0, 0.1) is 0 Å². The van der Waals surface area contributed by atoms with Crippen molar-refractivity contribution in [1.29, 1.82) is 0 Å². The molecular weight excluding hydrogens is 395 g/mol. The van der Waals surface area contributed by atoms with Gasteiger partial charge in [-0.05, 0) is 61.0 Å². The van der Waals surface area contributed by atoms with Crippen LogP contribution in [0.2, 0.25) is 10.0 Å². The Morgan fingerprint density at radius 3 is 1.86 bits per heavy atom. The molecule has 4 rings (SSSR count). The monoisotopic (exact) mass is 412 g/mol. The van der Waals surface area contributed by atoms with Crippen molar-refractivity contribution in [3.8, 4) is 0 Å². The normalized spacial score (nSPS) is 22.0. The van der Waals surface area contributed by atoms with Crippen molar-refractivity contribution in [3.63, 3.8) is 0 Å². The van der Waals surface area contributed by atoms with Gasteiger partial charge < -0.3 is 5.11 Å². The van der Waals surface area contributed by atoms with Gasteiger partial charge in [0.2, 0.25) is 0 Å². The highest BCUT2D eigenvalue weighted by Gasteiger charge is 2.56. The first-order valence-electron chi connectivity index (χ1n) is 8.81. The molecule has 1 aliphatic heterocycles. The number of urea groups is 1. The number of aliphatic hydroxyl groups is 1. The average Bonchev–Trinajstić information content (AvgIpc) is 2.91. The number of benzene rings is 3. The molecule has 4 nitrogen and oxygen atoms in total. The lowest BCUT2D eigenvalue weighted by molar-refractivity contribution is 0.119. The van der Waals surface area contributed by atoms with Gasteiger partial charge >= 0.3 is 6.03 Å². The molecule has 3 aromatic carbocycles. The largest absolute Gasteiger partial charge is 0.370 e. The molecule has 2 amide bonds. The first kappa shape index (κ1) is 18.8. The lowest BCUT2D eigenvalue weighted by Gasteiger charge is -2.36. The summed E-state index contributed by atoms with van der Waals surface area (Å²) in [5.74, 6) is 0. The molecule has 1 aliphatic rings. The molecule has 1 heterocycles. The van der Waals surface area contributed by atoms with Gasteiger partial charge in [0, 0.05) is 21.4 Å². The smallest absolute Gasteiger partial charge is 0.332 e. The van der Waals surface area contributed by atoms with Gasteiger partial charge in [0.15, 0.2) is 6.23 Å². The number of halogens is 2. The lowest BCUT2D eigenvalue weighted by atomic mass is 9.89. The first-order valence-corrected chi connectivity index (χ1v) is 9.56. The van der Waals surface area contributed by atoms with Gasteiger partial charge in [-0.1, -0.05) is 53.5 Å². The Hall–Kier alpha value is -2.53. The van der Waals surface area contributed by atoms with E-state index in [0.29, 0.717) is 21.4 Å². The molecule has 3 aromatic rings. The van der Waals surface area contributed by atoms with Crippen LogP contribution < -0.4 is 9.80 Å². The third-order valence-electron chi connectivity index (χ3n) is 5.16. The highest BCUT2D eigenvalue weighted by molar-refractivity contribution is 6.31. The average molecular weight is 413 g/mol. The van der Waals surface area contributed by atoms with Crippen LogP contribution in [0.5, 0.6) is 0 Å². The number of carbonyl (C=O) groups excluding carboxylic acids is 1. The lowest BCUT2D eigenvalue weighted by Crippen LogP contribution is -2.47. The fraction of sp³-hybridized carbons (Fsp3) is 0.136. The van der Waals surface area contributed by atoms with Crippen LogP contribution in [0.4, 0.5) is 16.2 Å². The topological polar surface area (TPSA) is 43.8 Å². The van der Waals surface area contributed by atoms with E-state index in [1.165, 1.54) is 4.90 Å². The molecule has 0 aliphatic carbocycles. The second-order valence-corrected chi connectivity index (χ2v) is 7.70. The van der Waals surface area contributed by atoms with Gasteiger partial charge in [0.05, 0.1) is 0 Å². The Morgan fingerprint density at radius 1 is 0.821 bits per heavy atom. The number of carbonyl (C=O) groups is 1. The molecule has 2 atom stereocenters. The summed E-state index contributed by atoms with van der Waals surface area (Å²) in [5, 5.41) is 12.5. The number of hydrogen-bond acceptors (Lipinski definition) is 2. The summed E-state index contributed by atoms with van der Waals surface area (Å²) in [6, 6.07) is 23.0.